The number of carbonyl (C=O) groups is 3. The van der Waals surface area contributed by atoms with Crippen molar-refractivity contribution in [2.75, 3.05) is 14.2 Å². The molecule has 1 aliphatic rings. The third-order valence-electron chi connectivity index (χ3n) is 1.87. The first-order chi connectivity index (χ1) is 7.99. The Morgan fingerprint density at radius 2 is 1.53 bits per heavy atom. The van der Waals surface area contributed by atoms with E-state index in [1.165, 1.54) is 14.2 Å². The quantitative estimate of drug-likeness (QED) is 0.589. The van der Waals surface area contributed by atoms with Crippen LogP contribution < -0.4 is 0 Å². The molecule has 2 atom stereocenters. The lowest BCUT2D eigenvalue weighted by atomic mass is 10.3. The maximum absolute atomic E-state index is 11.4. The Morgan fingerprint density at radius 1 is 1.12 bits per heavy atom. The number of carboxylic acid groups (broad SMARTS) is 1. The highest BCUT2D eigenvalue weighted by molar-refractivity contribution is 8.26. The van der Waals surface area contributed by atoms with E-state index in [2.05, 4.69) is 9.47 Å². The van der Waals surface area contributed by atoms with E-state index >= 15 is 0 Å². The third kappa shape index (κ3) is 3.40. The minimum absolute atomic E-state index is 0.378. The van der Waals surface area contributed by atoms with Crippen molar-refractivity contribution in [1.29, 1.82) is 0 Å². The molecule has 0 spiro atoms. The number of carbonyl (C=O) groups excluding carboxylic acids is 2. The van der Waals surface area contributed by atoms with E-state index in [9.17, 15) is 14.4 Å². The monoisotopic (exact) mass is 278 g/mol. The molecule has 6 nitrogen and oxygen atoms in total. The third-order valence-corrected chi connectivity index (χ3v) is 4.76. The van der Waals surface area contributed by atoms with Crippen LogP contribution in [0.3, 0.4) is 0 Å². The first-order valence-electron chi connectivity index (χ1n) is 4.43. The number of carboxylic acids is 1. The van der Waals surface area contributed by atoms with Crippen LogP contribution in [0.15, 0.2) is 10.3 Å². The van der Waals surface area contributed by atoms with E-state index in [1.807, 2.05) is 0 Å². The SMILES string of the molecule is COC(=O)[C@H]1SC(=CC(=O)O)S[C@H]1C(=O)OC. The summed E-state index contributed by atoms with van der Waals surface area (Å²) in [6, 6.07) is 0. The number of esters is 2. The van der Waals surface area contributed by atoms with Crippen molar-refractivity contribution in [3.63, 3.8) is 0 Å². The van der Waals surface area contributed by atoms with Crippen LogP contribution in [-0.4, -0.2) is 47.7 Å². The van der Waals surface area contributed by atoms with Gasteiger partial charge in [-0.3, -0.25) is 9.59 Å². The molecule has 8 heteroatoms. The summed E-state index contributed by atoms with van der Waals surface area (Å²) < 4.78 is 9.49. The van der Waals surface area contributed by atoms with Crippen LogP contribution in [-0.2, 0) is 23.9 Å². The first kappa shape index (κ1) is 13.9. The van der Waals surface area contributed by atoms with Crippen molar-refractivity contribution >= 4 is 41.4 Å². The second-order valence-corrected chi connectivity index (χ2v) is 5.55. The molecular weight excluding hydrogens is 268 g/mol. The number of aliphatic carboxylic acids is 1. The van der Waals surface area contributed by atoms with Crippen molar-refractivity contribution in [2.45, 2.75) is 10.5 Å². The van der Waals surface area contributed by atoms with Gasteiger partial charge in [-0.2, -0.15) is 0 Å². The largest absolute Gasteiger partial charge is 0.478 e. The molecular formula is C9H10O6S2. The zero-order valence-electron chi connectivity index (χ0n) is 9.04. The van der Waals surface area contributed by atoms with E-state index in [-0.39, 0.29) is 0 Å². The van der Waals surface area contributed by atoms with Crippen molar-refractivity contribution in [2.24, 2.45) is 0 Å². The van der Waals surface area contributed by atoms with E-state index in [0.717, 1.165) is 29.6 Å². The number of hydrogen-bond donors (Lipinski definition) is 1. The molecule has 94 valence electrons. The molecule has 0 aromatic carbocycles. The fourth-order valence-corrected chi connectivity index (χ4v) is 4.02. The second kappa shape index (κ2) is 5.97. The average Bonchev–Trinajstić information content (AvgIpc) is 2.69. The summed E-state index contributed by atoms with van der Waals surface area (Å²) in [5.74, 6) is -2.28. The highest BCUT2D eigenvalue weighted by Gasteiger charge is 2.43. The van der Waals surface area contributed by atoms with Crippen LogP contribution in [0.4, 0.5) is 0 Å². The molecule has 1 N–H and O–H groups in total. The number of ether oxygens (including phenoxy) is 2. The van der Waals surface area contributed by atoms with Crippen molar-refractivity contribution in [3.8, 4) is 0 Å². The Morgan fingerprint density at radius 3 is 1.82 bits per heavy atom. The summed E-state index contributed by atoms with van der Waals surface area (Å²) in [4.78, 5) is 33.4. The summed E-state index contributed by atoms with van der Waals surface area (Å²) in [6.07, 6.45) is 0.953. The van der Waals surface area contributed by atoms with Gasteiger partial charge >= 0.3 is 17.9 Å². The number of thioether (sulfide) groups is 2. The fourth-order valence-electron chi connectivity index (χ4n) is 1.15. The van der Waals surface area contributed by atoms with Gasteiger partial charge < -0.3 is 14.6 Å². The van der Waals surface area contributed by atoms with Crippen LogP contribution in [0, 0.1) is 0 Å². The number of rotatable bonds is 3. The van der Waals surface area contributed by atoms with Gasteiger partial charge in [0.15, 0.2) is 0 Å². The molecule has 0 bridgehead atoms. The molecule has 1 fully saturated rings. The topological polar surface area (TPSA) is 89.9 Å². The molecule has 0 aromatic heterocycles. The van der Waals surface area contributed by atoms with Crippen LogP contribution >= 0.6 is 23.5 Å². The lowest BCUT2D eigenvalue weighted by Gasteiger charge is -2.12. The van der Waals surface area contributed by atoms with E-state index < -0.39 is 28.4 Å². The van der Waals surface area contributed by atoms with Gasteiger partial charge in [0.2, 0.25) is 0 Å². The van der Waals surface area contributed by atoms with Crippen molar-refractivity contribution < 1.29 is 29.0 Å². The van der Waals surface area contributed by atoms with Crippen LogP contribution in [0.25, 0.3) is 0 Å². The zero-order chi connectivity index (χ0) is 13.0. The van der Waals surface area contributed by atoms with E-state index in [1.54, 1.807) is 0 Å². The van der Waals surface area contributed by atoms with Crippen molar-refractivity contribution in [1.82, 2.24) is 0 Å². The van der Waals surface area contributed by atoms with Gasteiger partial charge in [0.05, 0.1) is 14.2 Å². The number of methoxy groups -OCH3 is 2. The van der Waals surface area contributed by atoms with Crippen molar-refractivity contribution in [3.05, 3.63) is 10.3 Å². The van der Waals surface area contributed by atoms with Gasteiger partial charge in [0.1, 0.15) is 10.5 Å². The Hall–Kier alpha value is -1.15. The highest BCUT2D eigenvalue weighted by atomic mass is 32.2. The van der Waals surface area contributed by atoms with E-state index in [0.29, 0.717) is 4.24 Å². The molecule has 0 aliphatic carbocycles. The predicted molar refractivity (Wildman–Crippen MR) is 62.5 cm³/mol. The first-order valence-corrected chi connectivity index (χ1v) is 6.19. The Balaban J connectivity index is 2.90. The Bertz CT molecular complexity index is 352. The summed E-state index contributed by atoms with van der Waals surface area (Å²) in [7, 11) is 2.42. The Kier molecular flexibility index (Phi) is 4.88. The summed E-state index contributed by atoms with van der Waals surface area (Å²) >= 11 is 1.98. The summed E-state index contributed by atoms with van der Waals surface area (Å²) in [5, 5.41) is 7.05. The molecule has 1 rings (SSSR count). The lowest BCUT2D eigenvalue weighted by molar-refractivity contribution is -0.145. The average molecular weight is 278 g/mol. The fraction of sp³-hybridized carbons (Fsp3) is 0.444. The standard InChI is InChI=1S/C9H10O6S2/c1-14-8(12)6-7(9(13)15-2)17-5(16-6)3-4(10)11/h3,6-7H,1-2H3,(H,10,11)/t6-,7+. The number of hydrogen-bond acceptors (Lipinski definition) is 7. The molecule has 0 unspecified atom stereocenters. The smallest absolute Gasteiger partial charge is 0.329 e. The maximum Gasteiger partial charge on any atom is 0.329 e. The molecule has 0 saturated carbocycles. The van der Waals surface area contributed by atoms with Gasteiger partial charge in [-0.1, -0.05) is 0 Å². The second-order valence-electron chi connectivity index (χ2n) is 2.92. The molecule has 1 saturated heterocycles. The lowest BCUT2D eigenvalue weighted by Crippen LogP contribution is -2.33. The molecule has 0 radical (unpaired) electrons. The maximum atomic E-state index is 11.4. The van der Waals surface area contributed by atoms with E-state index in [4.69, 9.17) is 5.11 Å². The minimum Gasteiger partial charge on any atom is -0.478 e. The minimum atomic E-state index is -1.13. The van der Waals surface area contributed by atoms with Gasteiger partial charge in [-0.25, -0.2) is 4.79 Å². The zero-order valence-corrected chi connectivity index (χ0v) is 10.7. The predicted octanol–water partition coefficient (Wildman–Crippen LogP) is 0.476. The van der Waals surface area contributed by atoms with Crippen LogP contribution in [0.2, 0.25) is 0 Å². The van der Waals surface area contributed by atoms with Crippen LogP contribution in [0.1, 0.15) is 0 Å². The summed E-state index contributed by atoms with van der Waals surface area (Å²) in [5.41, 5.74) is 0. The molecule has 1 heterocycles. The highest BCUT2D eigenvalue weighted by Crippen LogP contribution is 2.47. The Labute approximate surface area is 106 Å². The molecule has 1 aliphatic heterocycles. The molecule has 0 amide bonds. The van der Waals surface area contributed by atoms with Gasteiger partial charge in [-0.15, -0.1) is 23.5 Å². The van der Waals surface area contributed by atoms with Gasteiger partial charge in [0.25, 0.3) is 0 Å². The summed E-state index contributed by atoms with van der Waals surface area (Å²) in [6.45, 7) is 0. The van der Waals surface area contributed by atoms with Gasteiger partial charge in [0, 0.05) is 10.3 Å². The normalized spacial score (nSPS) is 25.6. The van der Waals surface area contributed by atoms with Gasteiger partial charge in [-0.05, 0) is 0 Å². The molecule has 17 heavy (non-hydrogen) atoms. The molecule has 0 aromatic rings. The van der Waals surface area contributed by atoms with Crippen LogP contribution in [0.5, 0.6) is 0 Å².